The lowest BCUT2D eigenvalue weighted by atomic mass is 10.0. The van der Waals surface area contributed by atoms with Crippen LogP contribution in [0.5, 0.6) is 0 Å². The molecule has 1 N–H and O–H groups in total. The lowest BCUT2D eigenvalue weighted by Crippen LogP contribution is -2.18. The van der Waals surface area contributed by atoms with Gasteiger partial charge in [-0.25, -0.2) is 13.2 Å². The van der Waals surface area contributed by atoms with E-state index in [1.807, 2.05) is 4.98 Å². The first-order valence-electron chi connectivity index (χ1n) is 3.68. The van der Waals surface area contributed by atoms with Gasteiger partial charge < -0.3 is 4.98 Å². The second-order valence-corrected chi connectivity index (χ2v) is 2.73. The van der Waals surface area contributed by atoms with Gasteiger partial charge in [-0.1, -0.05) is 6.92 Å². The number of pyridine rings is 1. The van der Waals surface area contributed by atoms with Gasteiger partial charge in [0, 0.05) is 17.7 Å². The molecule has 1 atom stereocenters. The molecule has 5 heteroatoms. The van der Waals surface area contributed by atoms with Crippen molar-refractivity contribution in [3.63, 3.8) is 0 Å². The molecule has 0 aliphatic heterocycles. The third kappa shape index (κ3) is 2.11. The van der Waals surface area contributed by atoms with E-state index in [0.29, 0.717) is 0 Å². The second kappa shape index (κ2) is 3.64. The van der Waals surface area contributed by atoms with E-state index in [9.17, 15) is 18.0 Å². The number of H-pyrrole nitrogens is 1. The molecule has 0 radical (unpaired) electrons. The molecule has 0 aliphatic carbocycles. The number of aromatic amines is 1. The SMILES string of the molecule is C[C@@H](c1cc(F)c[nH]c1=O)C(F)F. The largest absolute Gasteiger partial charge is 0.326 e. The molecule has 1 rings (SSSR count). The van der Waals surface area contributed by atoms with E-state index in [1.54, 1.807) is 0 Å². The van der Waals surface area contributed by atoms with E-state index in [1.165, 1.54) is 6.92 Å². The highest BCUT2D eigenvalue weighted by Crippen LogP contribution is 2.19. The maximum Gasteiger partial charge on any atom is 0.251 e. The third-order valence-corrected chi connectivity index (χ3v) is 1.77. The van der Waals surface area contributed by atoms with Crippen molar-refractivity contribution >= 4 is 0 Å². The van der Waals surface area contributed by atoms with Gasteiger partial charge in [-0.3, -0.25) is 4.79 Å². The number of rotatable bonds is 2. The summed E-state index contributed by atoms with van der Waals surface area (Å²) in [4.78, 5) is 13.0. The Morgan fingerprint density at radius 2 is 2.08 bits per heavy atom. The average Bonchev–Trinajstić information content (AvgIpc) is 2.08. The molecular formula is C8H8F3NO. The number of nitrogens with one attached hydrogen (secondary N) is 1. The Hall–Kier alpha value is -1.26. The van der Waals surface area contributed by atoms with Crippen LogP contribution in [0.2, 0.25) is 0 Å². The van der Waals surface area contributed by atoms with Gasteiger partial charge in [0.25, 0.3) is 5.56 Å². The highest BCUT2D eigenvalue weighted by atomic mass is 19.3. The van der Waals surface area contributed by atoms with Crippen LogP contribution in [0.25, 0.3) is 0 Å². The number of alkyl halides is 2. The van der Waals surface area contributed by atoms with E-state index in [-0.39, 0.29) is 5.56 Å². The molecule has 0 unspecified atom stereocenters. The summed E-state index contributed by atoms with van der Waals surface area (Å²) in [6, 6.07) is 0.829. The molecular weight excluding hydrogens is 183 g/mol. The van der Waals surface area contributed by atoms with Crippen LogP contribution in [0.15, 0.2) is 17.1 Å². The molecule has 0 aromatic carbocycles. The van der Waals surface area contributed by atoms with Crippen molar-refractivity contribution in [1.29, 1.82) is 0 Å². The maximum atomic E-state index is 12.6. The van der Waals surface area contributed by atoms with Crippen molar-refractivity contribution in [1.82, 2.24) is 4.98 Å². The quantitative estimate of drug-likeness (QED) is 0.760. The van der Waals surface area contributed by atoms with Gasteiger partial charge >= 0.3 is 0 Å². The smallest absolute Gasteiger partial charge is 0.251 e. The zero-order valence-electron chi connectivity index (χ0n) is 6.85. The van der Waals surface area contributed by atoms with Crippen molar-refractivity contribution in [2.45, 2.75) is 19.3 Å². The molecule has 72 valence electrons. The molecule has 1 heterocycles. The van der Waals surface area contributed by atoms with Crippen LogP contribution in [0.4, 0.5) is 13.2 Å². The van der Waals surface area contributed by atoms with Gasteiger partial charge in [0.2, 0.25) is 6.43 Å². The summed E-state index contributed by atoms with van der Waals surface area (Å²) < 4.78 is 36.9. The fourth-order valence-corrected chi connectivity index (χ4v) is 0.948. The molecule has 13 heavy (non-hydrogen) atoms. The van der Waals surface area contributed by atoms with Crippen LogP contribution in [-0.2, 0) is 0 Å². The topological polar surface area (TPSA) is 32.9 Å². The molecule has 0 saturated carbocycles. The lowest BCUT2D eigenvalue weighted by molar-refractivity contribution is 0.120. The summed E-state index contributed by atoms with van der Waals surface area (Å²) in [5.41, 5.74) is -0.899. The van der Waals surface area contributed by atoms with Crippen LogP contribution in [-0.4, -0.2) is 11.4 Å². The zero-order valence-corrected chi connectivity index (χ0v) is 6.85. The Kier molecular flexibility index (Phi) is 2.75. The summed E-state index contributed by atoms with van der Waals surface area (Å²) >= 11 is 0. The second-order valence-electron chi connectivity index (χ2n) is 2.73. The Bertz CT molecular complexity index is 347. The third-order valence-electron chi connectivity index (χ3n) is 1.77. The average molecular weight is 191 g/mol. The fourth-order valence-electron chi connectivity index (χ4n) is 0.948. The van der Waals surface area contributed by atoms with Crippen molar-refractivity contribution in [2.24, 2.45) is 0 Å². The number of aromatic nitrogens is 1. The van der Waals surface area contributed by atoms with E-state index in [4.69, 9.17) is 0 Å². The zero-order chi connectivity index (χ0) is 10.0. The first kappa shape index (κ1) is 9.83. The molecule has 2 nitrogen and oxygen atoms in total. The van der Waals surface area contributed by atoms with E-state index in [0.717, 1.165) is 12.3 Å². The molecule has 1 aromatic heterocycles. The summed E-state index contributed by atoms with van der Waals surface area (Å²) in [7, 11) is 0. The number of hydrogen-bond acceptors (Lipinski definition) is 1. The first-order chi connectivity index (χ1) is 6.02. The Morgan fingerprint density at radius 1 is 1.46 bits per heavy atom. The molecule has 0 spiro atoms. The minimum Gasteiger partial charge on any atom is -0.326 e. The van der Waals surface area contributed by atoms with Crippen molar-refractivity contribution in [3.8, 4) is 0 Å². The molecule has 0 bridgehead atoms. The van der Waals surface area contributed by atoms with Crippen LogP contribution < -0.4 is 5.56 Å². The van der Waals surface area contributed by atoms with Crippen LogP contribution in [0, 0.1) is 5.82 Å². The van der Waals surface area contributed by atoms with Crippen molar-refractivity contribution in [2.75, 3.05) is 0 Å². The van der Waals surface area contributed by atoms with Gasteiger partial charge in [-0.05, 0) is 6.07 Å². The summed E-state index contributed by atoms with van der Waals surface area (Å²) in [6.07, 6.45) is -1.83. The minimum absolute atomic E-state index is 0.227. The Morgan fingerprint density at radius 3 is 2.62 bits per heavy atom. The summed E-state index contributed by atoms with van der Waals surface area (Å²) in [6.45, 7) is 1.18. The van der Waals surface area contributed by atoms with Gasteiger partial charge in [-0.15, -0.1) is 0 Å². The van der Waals surface area contributed by atoms with Gasteiger partial charge in [0.05, 0.1) is 0 Å². The Balaban J connectivity index is 3.13. The number of hydrogen-bond donors (Lipinski definition) is 1. The van der Waals surface area contributed by atoms with Crippen LogP contribution in [0.3, 0.4) is 0 Å². The normalized spacial score (nSPS) is 13.3. The molecule has 1 aromatic rings. The standard InChI is InChI=1S/C8H8F3NO/c1-4(7(10)11)6-2-5(9)3-12-8(6)13/h2-4,7H,1H3,(H,12,13)/t4-/m0/s1. The molecule has 0 aliphatic rings. The predicted molar refractivity (Wildman–Crippen MR) is 41.4 cm³/mol. The lowest BCUT2D eigenvalue weighted by Gasteiger charge is -2.08. The van der Waals surface area contributed by atoms with Crippen molar-refractivity contribution in [3.05, 3.63) is 34.0 Å². The molecule has 0 fully saturated rings. The highest BCUT2D eigenvalue weighted by Gasteiger charge is 2.20. The maximum absolute atomic E-state index is 12.6. The van der Waals surface area contributed by atoms with Crippen LogP contribution in [0.1, 0.15) is 18.4 Å². The van der Waals surface area contributed by atoms with Gasteiger partial charge in [0.1, 0.15) is 5.82 Å². The minimum atomic E-state index is -2.66. The molecule has 0 saturated heterocycles. The highest BCUT2D eigenvalue weighted by molar-refractivity contribution is 5.15. The van der Waals surface area contributed by atoms with Crippen LogP contribution >= 0.6 is 0 Å². The molecule has 0 amide bonds. The number of halogens is 3. The summed E-state index contributed by atoms with van der Waals surface area (Å²) in [5.74, 6) is -1.97. The first-order valence-corrected chi connectivity index (χ1v) is 3.68. The predicted octanol–water partition coefficient (Wildman–Crippen LogP) is 1.88. The van der Waals surface area contributed by atoms with E-state index < -0.39 is 23.7 Å². The van der Waals surface area contributed by atoms with E-state index >= 15 is 0 Å². The van der Waals surface area contributed by atoms with Gasteiger partial charge in [-0.2, -0.15) is 0 Å². The van der Waals surface area contributed by atoms with Crippen molar-refractivity contribution < 1.29 is 13.2 Å². The Labute approximate surface area is 72.4 Å². The monoisotopic (exact) mass is 191 g/mol. The van der Waals surface area contributed by atoms with E-state index in [2.05, 4.69) is 0 Å². The van der Waals surface area contributed by atoms with Gasteiger partial charge in [0.15, 0.2) is 0 Å². The summed E-state index contributed by atoms with van der Waals surface area (Å²) in [5, 5.41) is 0. The fraction of sp³-hybridized carbons (Fsp3) is 0.375.